The average Bonchev–Trinajstić information content (AvgIpc) is 2.72. The molecule has 1 saturated heterocycles. The minimum absolute atomic E-state index is 0.190. The minimum Gasteiger partial charge on any atom is -0.352 e. The van der Waals surface area contributed by atoms with Crippen LogP contribution in [0, 0.1) is 6.92 Å². The Hall–Kier alpha value is -2.38. The Balaban J connectivity index is 1.54. The third-order valence-corrected chi connectivity index (χ3v) is 6.95. The summed E-state index contributed by atoms with van der Waals surface area (Å²) in [6.45, 7) is 6.89. The van der Waals surface area contributed by atoms with E-state index in [-0.39, 0.29) is 10.8 Å². The Morgan fingerprint density at radius 3 is 2.63 bits per heavy atom. The zero-order valence-electron chi connectivity index (χ0n) is 17.7. The van der Waals surface area contributed by atoms with Crippen LogP contribution in [0.3, 0.4) is 0 Å². The largest absolute Gasteiger partial charge is 0.352 e. The topological polar surface area (TPSA) is 78.5 Å². The second-order valence-electron chi connectivity index (χ2n) is 7.99. The highest BCUT2D eigenvalue weighted by atomic mass is 32.2. The molecule has 1 fully saturated rings. The van der Waals surface area contributed by atoms with E-state index >= 15 is 0 Å². The Bertz CT molecular complexity index is 958. The molecular formula is C23H31N3O3S. The molecule has 2 aromatic carbocycles. The van der Waals surface area contributed by atoms with Gasteiger partial charge in [0.1, 0.15) is 0 Å². The van der Waals surface area contributed by atoms with Crippen LogP contribution in [0.5, 0.6) is 0 Å². The number of nitrogens with zero attached hydrogens (tertiary/aromatic N) is 1. The number of anilines is 1. The first-order valence-electron chi connectivity index (χ1n) is 10.6. The predicted octanol–water partition coefficient (Wildman–Crippen LogP) is 3.79. The van der Waals surface area contributed by atoms with Gasteiger partial charge in [0.2, 0.25) is 0 Å². The quantitative estimate of drug-likeness (QED) is 0.626. The van der Waals surface area contributed by atoms with Crippen LogP contribution in [0.2, 0.25) is 0 Å². The lowest BCUT2D eigenvalue weighted by Gasteiger charge is -2.33. The molecule has 6 nitrogen and oxygen atoms in total. The van der Waals surface area contributed by atoms with Crippen molar-refractivity contribution in [3.63, 3.8) is 0 Å². The van der Waals surface area contributed by atoms with Crippen molar-refractivity contribution in [1.29, 1.82) is 0 Å². The van der Waals surface area contributed by atoms with Crippen LogP contribution in [0.4, 0.5) is 5.69 Å². The van der Waals surface area contributed by atoms with Crippen LogP contribution in [-0.4, -0.2) is 44.9 Å². The van der Waals surface area contributed by atoms with Gasteiger partial charge in [-0.25, -0.2) is 8.42 Å². The van der Waals surface area contributed by atoms with Gasteiger partial charge in [-0.15, -0.1) is 0 Å². The van der Waals surface area contributed by atoms with E-state index in [4.69, 9.17) is 0 Å². The summed E-state index contributed by atoms with van der Waals surface area (Å²) in [5.74, 6) is -0.196. The second-order valence-corrected chi connectivity index (χ2v) is 9.67. The zero-order chi connectivity index (χ0) is 21.6. The van der Waals surface area contributed by atoms with E-state index in [1.54, 1.807) is 48.5 Å². The Morgan fingerprint density at radius 2 is 1.90 bits per heavy atom. The van der Waals surface area contributed by atoms with Crippen LogP contribution in [0.15, 0.2) is 53.4 Å². The number of sulfonamides is 1. The number of hydrogen-bond acceptors (Lipinski definition) is 4. The van der Waals surface area contributed by atoms with Gasteiger partial charge in [0.25, 0.3) is 15.9 Å². The minimum atomic E-state index is -3.70. The normalized spacial score (nSPS) is 17.5. The Labute approximate surface area is 179 Å². The predicted molar refractivity (Wildman–Crippen MR) is 120 cm³/mol. The fraction of sp³-hybridized carbons (Fsp3) is 0.435. The van der Waals surface area contributed by atoms with Crippen molar-refractivity contribution in [2.24, 2.45) is 0 Å². The molecular weight excluding hydrogens is 398 g/mol. The standard InChI is InChI=1S/C23H31N3O3S/c1-18-10-12-22(13-11-18)30(28,29)25-21-9-5-8-20(17-21)23(27)24-14-6-16-26-15-4-3-7-19(26)2/h5,8-13,17,19,25H,3-4,6-7,14-16H2,1-2H3,(H,24,27)/t19-/m1/s1. The van der Waals surface area contributed by atoms with Crippen molar-refractivity contribution in [3.05, 3.63) is 59.7 Å². The SMILES string of the molecule is Cc1ccc(S(=O)(=O)Nc2cccc(C(=O)NCCCN3CCCC[C@H]3C)c2)cc1. The molecule has 0 aliphatic carbocycles. The summed E-state index contributed by atoms with van der Waals surface area (Å²) in [6, 6.07) is 13.8. The van der Waals surface area contributed by atoms with Gasteiger partial charge in [-0.05, 0) is 70.0 Å². The van der Waals surface area contributed by atoms with Gasteiger partial charge in [0.15, 0.2) is 0 Å². The molecule has 0 saturated carbocycles. The molecule has 0 bridgehead atoms. The summed E-state index contributed by atoms with van der Waals surface area (Å²) in [7, 11) is -3.70. The number of carbonyl (C=O) groups is 1. The number of hydrogen-bond donors (Lipinski definition) is 2. The third kappa shape index (κ3) is 6.06. The molecule has 0 unspecified atom stereocenters. The number of benzene rings is 2. The van der Waals surface area contributed by atoms with Gasteiger partial charge in [-0.2, -0.15) is 0 Å². The van der Waals surface area contributed by atoms with Crippen LogP contribution < -0.4 is 10.0 Å². The molecule has 0 aromatic heterocycles. The summed E-state index contributed by atoms with van der Waals surface area (Å²) in [5, 5.41) is 2.94. The first kappa shape index (κ1) is 22.3. The smallest absolute Gasteiger partial charge is 0.261 e. The van der Waals surface area contributed by atoms with Gasteiger partial charge in [-0.3, -0.25) is 9.52 Å². The van der Waals surface area contributed by atoms with E-state index in [1.807, 2.05) is 6.92 Å². The van der Waals surface area contributed by atoms with Crippen molar-refractivity contribution in [2.45, 2.75) is 50.5 Å². The van der Waals surface area contributed by atoms with Crippen molar-refractivity contribution < 1.29 is 13.2 Å². The number of aryl methyl sites for hydroxylation is 1. The number of amides is 1. The van der Waals surface area contributed by atoms with Crippen LogP contribution >= 0.6 is 0 Å². The highest BCUT2D eigenvalue weighted by molar-refractivity contribution is 7.92. The molecule has 1 atom stereocenters. The lowest BCUT2D eigenvalue weighted by molar-refractivity contribution is 0.0949. The van der Waals surface area contributed by atoms with Crippen LogP contribution in [-0.2, 0) is 10.0 Å². The van der Waals surface area contributed by atoms with Gasteiger partial charge in [0, 0.05) is 30.4 Å². The summed E-state index contributed by atoms with van der Waals surface area (Å²) in [5.41, 5.74) is 1.79. The fourth-order valence-electron chi connectivity index (χ4n) is 3.73. The maximum atomic E-state index is 12.6. The van der Waals surface area contributed by atoms with Gasteiger partial charge < -0.3 is 10.2 Å². The maximum absolute atomic E-state index is 12.6. The molecule has 2 N–H and O–H groups in total. The van der Waals surface area contributed by atoms with E-state index in [1.165, 1.54) is 19.3 Å². The molecule has 0 radical (unpaired) electrons. The lowest BCUT2D eigenvalue weighted by Crippen LogP contribution is -2.39. The van der Waals surface area contributed by atoms with Crippen LogP contribution in [0.1, 0.15) is 48.5 Å². The van der Waals surface area contributed by atoms with Crippen molar-refractivity contribution in [2.75, 3.05) is 24.4 Å². The van der Waals surface area contributed by atoms with E-state index in [0.717, 1.165) is 25.1 Å². The fourth-order valence-corrected chi connectivity index (χ4v) is 4.78. The molecule has 2 aromatic rings. The van der Waals surface area contributed by atoms with Crippen molar-refractivity contribution in [3.8, 4) is 0 Å². The number of likely N-dealkylation sites (tertiary alicyclic amines) is 1. The molecule has 7 heteroatoms. The summed E-state index contributed by atoms with van der Waals surface area (Å²) >= 11 is 0. The second kappa shape index (κ2) is 10.1. The van der Waals surface area contributed by atoms with Crippen molar-refractivity contribution in [1.82, 2.24) is 10.2 Å². The maximum Gasteiger partial charge on any atom is 0.261 e. The molecule has 1 aliphatic rings. The third-order valence-electron chi connectivity index (χ3n) is 5.56. The highest BCUT2D eigenvalue weighted by Gasteiger charge is 2.18. The molecule has 1 heterocycles. The van der Waals surface area contributed by atoms with E-state index in [2.05, 4.69) is 21.9 Å². The summed E-state index contributed by atoms with van der Waals surface area (Å²) in [4.78, 5) is 15.2. The zero-order valence-corrected chi connectivity index (χ0v) is 18.5. The van der Waals surface area contributed by atoms with E-state index in [0.29, 0.717) is 23.8 Å². The average molecular weight is 430 g/mol. The lowest BCUT2D eigenvalue weighted by atomic mass is 10.0. The van der Waals surface area contributed by atoms with Crippen LogP contribution in [0.25, 0.3) is 0 Å². The molecule has 162 valence electrons. The Morgan fingerprint density at radius 1 is 1.13 bits per heavy atom. The number of carbonyl (C=O) groups excluding carboxylic acids is 1. The van der Waals surface area contributed by atoms with Gasteiger partial charge >= 0.3 is 0 Å². The van der Waals surface area contributed by atoms with E-state index < -0.39 is 10.0 Å². The molecule has 1 amide bonds. The highest BCUT2D eigenvalue weighted by Crippen LogP contribution is 2.18. The van der Waals surface area contributed by atoms with Gasteiger partial charge in [0.05, 0.1) is 4.90 Å². The molecule has 0 spiro atoms. The van der Waals surface area contributed by atoms with Gasteiger partial charge in [-0.1, -0.05) is 30.2 Å². The molecule has 30 heavy (non-hydrogen) atoms. The molecule has 3 rings (SSSR count). The summed E-state index contributed by atoms with van der Waals surface area (Å²) in [6.07, 6.45) is 4.70. The first-order valence-corrected chi connectivity index (χ1v) is 12.1. The number of nitrogens with one attached hydrogen (secondary N) is 2. The number of piperidine rings is 1. The Kier molecular flexibility index (Phi) is 7.50. The first-order chi connectivity index (χ1) is 14.3. The van der Waals surface area contributed by atoms with Crippen molar-refractivity contribution >= 4 is 21.6 Å². The number of rotatable bonds is 8. The van der Waals surface area contributed by atoms with E-state index in [9.17, 15) is 13.2 Å². The molecule has 1 aliphatic heterocycles. The monoisotopic (exact) mass is 429 g/mol. The summed E-state index contributed by atoms with van der Waals surface area (Å²) < 4.78 is 27.7.